The molecular formula is C19H16N2O3S. The molecule has 6 heteroatoms. The Bertz CT molecular complexity index is 1010. The molecule has 1 atom stereocenters. The van der Waals surface area contributed by atoms with E-state index in [2.05, 4.69) is 17.9 Å². The van der Waals surface area contributed by atoms with Crippen molar-refractivity contribution in [1.82, 2.24) is 0 Å². The van der Waals surface area contributed by atoms with Crippen molar-refractivity contribution in [3.8, 4) is 17.9 Å². The molecule has 0 amide bonds. The predicted molar refractivity (Wildman–Crippen MR) is 92.3 cm³/mol. The van der Waals surface area contributed by atoms with Gasteiger partial charge < -0.3 is 5.11 Å². The van der Waals surface area contributed by atoms with Gasteiger partial charge in [-0.05, 0) is 30.5 Å². The highest BCUT2D eigenvalue weighted by Crippen LogP contribution is 2.57. The standard InChI is InChI=1S/C19H16N2O3S/c20-14-18(12-13-18)19(22,16-7-2-1-3-8-16)11-10-15-6-4-5-9-17(15)25(21,23)24/h1-9,22H,12-13H2,(H2,21,23,24)/t19-/m1/s1. The Morgan fingerprint density at radius 3 is 2.24 bits per heavy atom. The molecule has 0 heterocycles. The summed E-state index contributed by atoms with van der Waals surface area (Å²) in [7, 11) is -3.94. The number of nitriles is 1. The van der Waals surface area contributed by atoms with Gasteiger partial charge in [0.25, 0.3) is 0 Å². The van der Waals surface area contributed by atoms with Crippen molar-refractivity contribution < 1.29 is 13.5 Å². The minimum atomic E-state index is -3.94. The van der Waals surface area contributed by atoms with Crippen LogP contribution in [-0.4, -0.2) is 13.5 Å². The number of hydrogen-bond donors (Lipinski definition) is 2. The highest BCUT2D eigenvalue weighted by molar-refractivity contribution is 7.89. The van der Waals surface area contributed by atoms with Crippen LogP contribution in [0.4, 0.5) is 0 Å². The van der Waals surface area contributed by atoms with Crippen molar-refractivity contribution >= 4 is 10.0 Å². The highest BCUT2D eigenvalue weighted by atomic mass is 32.2. The van der Waals surface area contributed by atoms with E-state index < -0.39 is 21.0 Å². The summed E-state index contributed by atoms with van der Waals surface area (Å²) in [5, 5.41) is 26.0. The van der Waals surface area contributed by atoms with Gasteiger partial charge in [0.15, 0.2) is 5.60 Å². The van der Waals surface area contributed by atoms with Crippen LogP contribution < -0.4 is 5.14 Å². The van der Waals surface area contributed by atoms with Crippen LogP contribution in [0.1, 0.15) is 24.0 Å². The van der Waals surface area contributed by atoms with Crippen molar-refractivity contribution in [3.05, 3.63) is 65.7 Å². The lowest BCUT2D eigenvalue weighted by Gasteiger charge is -2.27. The van der Waals surface area contributed by atoms with Gasteiger partial charge in [0, 0.05) is 5.56 Å². The van der Waals surface area contributed by atoms with E-state index >= 15 is 0 Å². The van der Waals surface area contributed by atoms with E-state index in [4.69, 9.17) is 5.14 Å². The summed E-state index contributed by atoms with van der Waals surface area (Å²) in [6.07, 6.45) is 1.06. The monoisotopic (exact) mass is 352 g/mol. The summed E-state index contributed by atoms with van der Waals surface area (Å²) in [6.45, 7) is 0. The molecule has 0 radical (unpaired) electrons. The first-order valence-corrected chi connectivity index (χ1v) is 9.21. The van der Waals surface area contributed by atoms with Crippen molar-refractivity contribution in [3.63, 3.8) is 0 Å². The lowest BCUT2D eigenvalue weighted by Crippen LogP contribution is -2.34. The molecule has 5 nitrogen and oxygen atoms in total. The lowest BCUT2D eigenvalue weighted by atomic mass is 9.79. The summed E-state index contributed by atoms with van der Waals surface area (Å²) in [5.41, 5.74) is -1.98. The maximum atomic E-state index is 11.7. The summed E-state index contributed by atoms with van der Waals surface area (Å²) in [4.78, 5) is -0.111. The average Bonchev–Trinajstić information content (AvgIpc) is 3.41. The topological polar surface area (TPSA) is 104 Å². The van der Waals surface area contributed by atoms with Gasteiger partial charge in [0.1, 0.15) is 5.41 Å². The van der Waals surface area contributed by atoms with Gasteiger partial charge in [-0.2, -0.15) is 5.26 Å². The van der Waals surface area contributed by atoms with Crippen LogP contribution in [0.25, 0.3) is 0 Å². The molecule has 0 spiro atoms. The Kier molecular flexibility index (Phi) is 4.14. The summed E-state index contributed by atoms with van der Waals surface area (Å²) in [5.74, 6) is 5.49. The number of nitrogens with two attached hydrogens (primary N) is 1. The molecule has 0 unspecified atom stereocenters. The molecule has 0 bridgehead atoms. The fourth-order valence-electron chi connectivity index (χ4n) is 2.80. The van der Waals surface area contributed by atoms with Gasteiger partial charge in [-0.15, -0.1) is 0 Å². The first-order chi connectivity index (χ1) is 11.8. The number of nitrogens with zero attached hydrogens (tertiary/aromatic N) is 1. The Labute approximate surface area is 146 Å². The van der Waals surface area contributed by atoms with Crippen LogP contribution in [0, 0.1) is 28.6 Å². The largest absolute Gasteiger partial charge is 0.372 e. The van der Waals surface area contributed by atoms with Crippen LogP contribution in [0.2, 0.25) is 0 Å². The third-order valence-corrected chi connectivity index (χ3v) is 5.39. The first kappa shape index (κ1) is 17.2. The van der Waals surface area contributed by atoms with Crippen molar-refractivity contribution in [2.75, 3.05) is 0 Å². The van der Waals surface area contributed by atoms with E-state index in [1.165, 1.54) is 12.1 Å². The first-order valence-electron chi connectivity index (χ1n) is 7.67. The van der Waals surface area contributed by atoms with Gasteiger partial charge in [-0.25, -0.2) is 13.6 Å². The minimum Gasteiger partial charge on any atom is -0.372 e. The van der Waals surface area contributed by atoms with Gasteiger partial charge in [-0.3, -0.25) is 0 Å². The molecule has 126 valence electrons. The Hall–Kier alpha value is -2.64. The van der Waals surface area contributed by atoms with Crippen LogP contribution in [0.15, 0.2) is 59.5 Å². The quantitative estimate of drug-likeness (QED) is 0.823. The second-order valence-electron chi connectivity index (χ2n) is 6.06. The van der Waals surface area contributed by atoms with E-state index in [1.54, 1.807) is 42.5 Å². The molecule has 0 aromatic heterocycles. The van der Waals surface area contributed by atoms with Gasteiger partial charge in [0.05, 0.1) is 11.0 Å². The molecule has 3 N–H and O–H groups in total. The fraction of sp³-hybridized carbons (Fsp3) is 0.211. The molecule has 3 rings (SSSR count). The van der Waals surface area contributed by atoms with Crippen molar-refractivity contribution in [1.29, 1.82) is 5.26 Å². The van der Waals surface area contributed by atoms with Crippen molar-refractivity contribution in [2.45, 2.75) is 23.3 Å². The van der Waals surface area contributed by atoms with E-state index in [0.717, 1.165) is 0 Å². The molecule has 1 fully saturated rings. The van der Waals surface area contributed by atoms with Crippen LogP contribution in [-0.2, 0) is 15.6 Å². The molecule has 2 aromatic carbocycles. The smallest absolute Gasteiger partial charge is 0.239 e. The Balaban J connectivity index is 2.15. The molecule has 0 aliphatic heterocycles. The molecule has 2 aromatic rings. The SMILES string of the molecule is N#CC1([C@@](O)(C#Cc2ccccc2S(N)(=O)=O)c2ccccc2)CC1. The van der Waals surface area contributed by atoms with E-state index in [1.807, 2.05) is 0 Å². The highest BCUT2D eigenvalue weighted by Gasteiger charge is 2.60. The second-order valence-corrected chi connectivity index (χ2v) is 7.59. The van der Waals surface area contributed by atoms with E-state index in [-0.39, 0.29) is 10.5 Å². The Morgan fingerprint density at radius 1 is 1.08 bits per heavy atom. The molecule has 1 aliphatic carbocycles. The van der Waals surface area contributed by atoms with Crippen molar-refractivity contribution in [2.24, 2.45) is 10.6 Å². The van der Waals surface area contributed by atoms with E-state index in [0.29, 0.717) is 18.4 Å². The zero-order valence-corrected chi connectivity index (χ0v) is 14.1. The van der Waals surface area contributed by atoms with Crippen LogP contribution in [0.3, 0.4) is 0 Å². The number of hydrogen-bond acceptors (Lipinski definition) is 4. The van der Waals surface area contributed by atoms with Gasteiger partial charge >= 0.3 is 0 Å². The fourth-order valence-corrected chi connectivity index (χ4v) is 3.50. The van der Waals surface area contributed by atoms with Crippen LogP contribution in [0.5, 0.6) is 0 Å². The van der Waals surface area contributed by atoms with Gasteiger partial charge in [0.2, 0.25) is 10.0 Å². The number of sulfonamides is 1. The maximum Gasteiger partial charge on any atom is 0.239 e. The lowest BCUT2D eigenvalue weighted by molar-refractivity contribution is 0.0456. The minimum absolute atomic E-state index is 0.111. The van der Waals surface area contributed by atoms with Crippen LogP contribution >= 0.6 is 0 Å². The Morgan fingerprint density at radius 2 is 1.68 bits per heavy atom. The van der Waals surface area contributed by atoms with Gasteiger partial charge in [-0.1, -0.05) is 54.3 Å². The molecule has 1 saturated carbocycles. The normalized spacial score (nSPS) is 17.5. The third-order valence-electron chi connectivity index (χ3n) is 4.42. The zero-order chi connectivity index (χ0) is 18.1. The summed E-state index contributed by atoms with van der Waals surface area (Å²) < 4.78 is 23.4. The third kappa shape index (κ3) is 3.04. The second kappa shape index (κ2) is 6.02. The number of rotatable bonds is 3. The average molecular weight is 352 g/mol. The zero-order valence-electron chi connectivity index (χ0n) is 13.3. The van der Waals surface area contributed by atoms with E-state index in [9.17, 15) is 18.8 Å². The number of benzene rings is 2. The molecule has 0 saturated heterocycles. The summed E-state index contributed by atoms with van der Waals surface area (Å²) in [6, 6.07) is 17.0. The molecule has 1 aliphatic rings. The number of aliphatic hydroxyl groups is 1. The number of primary sulfonamides is 1. The molecule has 25 heavy (non-hydrogen) atoms. The maximum absolute atomic E-state index is 11.7. The summed E-state index contributed by atoms with van der Waals surface area (Å²) >= 11 is 0. The molecular weight excluding hydrogens is 336 g/mol. The predicted octanol–water partition coefficient (Wildman–Crippen LogP) is 1.88.